The molecule has 2 aromatic heterocycles. The normalized spacial score (nSPS) is 12.0. The monoisotopic (exact) mass is 495 g/mol. The molecule has 0 saturated carbocycles. The lowest BCUT2D eigenvalue weighted by atomic mass is 10.2. The van der Waals surface area contributed by atoms with Crippen molar-refractivity contribution in [2.24, 2.45) is 0 Å². The third-order valence-corrected chi connectivity index (χ3v) is 7.42. The van der Waals surface area contributed by atoms with Crippen LogP contribution in [0.2, 0.25) is 0 Å². The molecule has 3 aromatic carbocycles. The molecule has 0 aliphatic rings. The van der Waals surface area contributed by atoms with Crippen LogP contribution in [0.1, 0.15) is 11.1 Å². The van der Waals surface area contributed by atoms with Gasteiger partial charge in [-0.15, -0.1) is 0 Å². The Morgan fingerprint density at radius 1 is 1.06 bits per heavy atom. The number of allylic oxidation sites excluding steroid dienone is 1. The van der Waals surface area contributed by atoms with Crippen molar-refractivity contribution >= 4 is 26.9 Å². The number of methoxy groups -OCH3 is 1. The van der Waals surface area contributed by atoms with E-state index in [9.17, 15) is 13.7 Å². The van der Waals surface area contributed by atoms with E-state index in [-0.39, 0.29) is 4.90 Å². The predicted molar refractivity (Wildman–Crippen MR) is 137 cm³/mol. The van der Waals surface area contributed by atoms with E-state index in [0.29, 0.717) is 28.4 Å². The molecule has 0 N–H and O–H groups in total. The van der Waals surface area contributed by atoms with Crippen LogP contribution in [0.25, 0.3) is 34.2 Å². The summed E-state index contributed by atoms with van der Waals surface area (Å²) >= 11 is 0. The van der Waals surface area contributed by atoms with Crippen molar-refractivity contribution in [1.29, 1.82) is 5.26 Å². The Bertz CT molecular complexity index is 1740. The third kappa shape index (κ3) is 4.17. The van der Waals surface area contributed by atoms with Gasteiger partial charge in [0.1, 0.15) is 16.7 Å². The molecule has 2 heterocycles. The highest BCUT2D eigenvalue weighted by Gasteiger charge is 2.23. The van der Waals surface area contributed by atoms with Crippen molar-refractivity contribution in [3.8, 4) is 29.0 Å². The van der Waals surface area contributed by atoms with E-state index in [1.807, 2.05) is 61.5 Å². The van der Waals surface area contributed by atoms with Gasteiger partial charge in [-0.05, 0) is 49.4 Å². The minimum Gasteiger partial charge on any atom is -0.493 e. The van der Waals surface area contributed by atoms with Gasteiger partial charge in [-0.1, -0.05) is 48.0 Å². The molecule has 0 spiro atoms. The second-order valence-electron chi connectivity index (χ2n) is 8.14. The minimum absolute atomic E-state index is 0.0476. The van der Waals surface area contributed by atoms with Crippen molar-refractivity contribution in [1.82, 2.24) is 9.78 Å². The summed E-state index contributed by atoms with van der Waals surface area (Å²) in [6.07, 6.45) is 3.01. The SMILES string of the molecule is COc1cccc2cc(-c3nn(-c4ccccc4)cc3/C=C(\C#N)S(=O)(=O)c3ccc(C)cc3)oc12. The highest BCUT2D eigenvalue weighted by Crippen LogP contribution is 2.35. The number of rotatable bonds is 6. The Kier molecular flexibility index (Phi) is 5.92. The highest BCUT2D eigenvalue weighted by atomic mass is 32.2. The molecular formula is C28H21N3O4S. The van der Waals surface area contributed by atoms with Gasteiger partial charge in [-0.3, -0.25) is 0 Å². The molecule has 0 fully saturated rings. The Balaban J connectivity index is 1.70. The molecule has 7 nitrogen and oxygen atoms in total. The quantitative estimate of drug-likeness (QED) is 0.270. The number of nitriles is 1. The zero-order valence-electron chi connectivity index (χ0n) is 19.5. The standard InChI is InChI=1S/C28H21N3O4S/c1-19-11-13-23(14-12-19)36(32,33)24(17-29)15-21-18-31(22-8-4-3-5-9-22)30-27(21)26-16-20-7-6-10-25(34-2)28(20)35-26/h3-16,18H,1-2H3/b24-15+. The lowest BCUT2D eigenvalue weighted by molar-refractivity contribution is 0.411. The molecule has 0 saturated heterocycles. The molecular weight excluding hydrogens is 474 g/mol. The Morgan fingerprint density at radius 2 is 1.81 bits per heavy atom. The molecule has 0 atom stereocenters. The minimum atomic E-state index is -4.04. The fraction of sp³-hybridized carbons (Fsp3) is 0.0714. The summed E-state index contributed by atoms with van der Waals surface area (Å²) < 4.78 is 39.7. The molecule has 8 heteroatoms. The highest BCUT2D eigenvalue weighted by molar-refractivity contribution is 7.95. The van der Waals surface area contributed by atoms with Gasteiger partial charge in [0.25, 0.3) is 0 Å². The van der Waals surface area contributed by atoms with Crippen molar-refractivity contribution in [3.05, 3.63) is 101 Å². The van der Waals surface area contributed by atoms with E-state index in [1.165, 1.54) is 18.2 Å². The summed E-state index contributed by atoms with van der Waals surface area (Å²) in [4.78, 5) is -0.347. The number of aryl methyl sites for hydroxylation is 1. The van der Waals surface area contributed by atoms with E-state index < -0.39 is 14.7 Å². The number of ether oxygens (including phenoxy) is 1. The van der Waals surface area contributed by atoms with E-state index >= 15 is 0 Å². The number of furan rings is 1. The first-order valence-electron chi connectivity index (χ1n) is 11.1. The maximum atomic E-state index is 13.3. The van der Waals surface area contributed by atoms with Crippen LogP contribution in [0, 0.1) is 18.3 Å². The second-order valence-corrected chi connectivity index (χ2v) is 10.1. The first-order chi connectivity index (χ1) is 17.4. The number of benzene rings is 3. The maximum absolute atomic E-state index is 13.3. The summed E-state index contributed by atoms with van der Waals surface area (Å²) in [6, 6.07) is 25.0. The van der Waals surface area contributed by atoms with Gasteiger partial charge in [-0.2, -0.15) is 10.4 Å². The lowest BCUT2D eigenvalue weighted by Gasteiger charge is -2.03. The Hall–Kier alpha value is -4.61. The molecule has 0 amide bonds. The summed E-state index contributed by atoms with van der Waals surface area (Å²) in [5, 5.41) is 15.3. The van der Waals surface area contributed by atoms with E-state index in [0.717, 1.165) is 16.6 Å². The summed E-state index contributed by atoms with van der Waals surface area (Å²) in [5.74, 6) is 0.985. The van der Waals surface area contributed by atoms with Crippen LogP contribution in [-0.2, 0) is 9.84 Å². The summed E-state index contributed by atoms with van der Waals surface area (Å²) in [5.41, 5.74) is 3.05. The average Bonchev–Trinajstić information content (AvgIpc) is 3.52. The van der Waals surface area contributed by atoms with Crippen LogP contribution >= 0.6 is 0 Å². The molecule has 5 rings (SSSR count). The van der Waals surface area contributed by atoms with E-state index in [1.54, 1.807) is 36.2 Å². The fourth-order valence-corrected chi connectivity index (χ4v) is 5.02. The van der Waals surface area contributed by atoms with Crippen LogP contribution < -0.4 is 4.74 Å². The van der Waals surface area contributed by atoms with Crippen LogP contribution in [0.3, 0.4) is 0 Å². The fourth-order valence-electron chi connectivity index (χ4n) is 3.87. The van der Waals surface area contributed by atoms with Gasteiger partial charge in [0.15, 0.2) is 17.1 Å². The number of hydrogen-bond donors (Lipinski definition) is 0. The van der Waals surface area contributed by atoms with Crippen molar-refractivity contribution in [2.75, 3.05) is 7.11 Å². The van der Waals surface area contributed by atoms with Gasteiger partial charge in [0.05, 0.1) is 17.7 Å². The van der Waals surface area contributed by atoms with Gasteiger partial charge in [-0.25, -0.2) is 13.1 Å². The summed E-state index contributed by atoms with van der Waals surface area (Å²) in [7, 11) is -2.48. The maximum Gasteiger partial charge on any atom is 0.216 e. The molecule has 5 aromatic rings. The largest absolute Gasteiger partial charge is 0.493 e. The van der Waals surface area contributed by atoms with Gasteiger partial charge < -0.3 is 9.15 Å². The smallest absolute Gasteiger partial charge is 0.216 e. The number of fused-ring (bicyclic) bond motifs is 1. The number of sulfone groups is 1. The molecule has 0 aliphatic heterocycles. The zero-order valence-corrected chi connectivity index (χ0v) is 20.4. The van der Waals surface area contributed by atoms with Gasteiger partial charge in [0.2, 0.25) is 9.84 Å². The number of para-hydroxylation sites is 2. The molecule has 178 valence electrons. The molecule has 0 radical (unpaired) electrons. The van der Waals surface area contributed by atoms with Gasteiger partial charge in [0, 0.05) is 17.1 Å². The van der Waals surface area contributed by atoms with Crippen LogP contribution in [-0.4, -0.2) is 25.3 Å². The second kappa shape index (κ2) is 9.21. The van der Waals surface area contributed by atoms with Crippen LogP contribution in [0.4, 0.5) is 0 Å². The van der Waals surface area contributed by atoms with E-state index in [4.69, 9.17) is 9.15 Å². The Labute approximate surface area is 208 Å². The molecule has 0 aliphatic carbocycles. The van der Waals surface area contributed by atoms with Crippen molar-refractivity contribution < 1.29 is 17.6 Å². The molecule has 0 unspecified atom stereocenters. The van der Waals surface area contributed by atoms with Crippen molar-refractivity contribution in [2.45, 2.75) is 11.8 Å². The van der Waals surface area contributed by atoms with E-state index in [2.05, 4.69) is 5.10 Å². The summed E-state index contributed by atoms with van der Waals surface area (Å²) in [6.45, 7) is 1.87. The van der Waals surface area contributed by atoms with Gasteiger partial charge >= 0.3 is 0 Å². The zero-order chi connectivity index (χ0) is 25.3. The third-order valence-electron chi connectivity index (χ3n) is 5.74. The van der Waals surface area contributed by atoms with Crippen LogP contribution in [0.5, 0.6) is 5.75 Å². The first-order valence-corrected chi connectivity index (χ1v) is 12.5. The van der Waals surface area contributed by atoms with Crippen molar-refractivity contribution in [3.63, 3.8) is 0 Å². The van der Waals surface area contributed by atoms with Crippen LogP contribution in [0.15, 0.2) is 99.3 Å². The predicted octanol–water partition coefficient (Wildman–Crippen LogP) is 5.94. The number of aromatic nitrogens is 2. The first kappa shape index (κ1) is 23.1. The topological polar surface area (TPSA) is 98.1 Å². The lowest BCUT2D eigenvalue weighted by Crippen LogP contribution is -2.03. The molecule has 36 heavy (non-hydrogen) atoms. The average molecular weight is 496 g/mol. The number of hydrogen-bond acceptors (Lipinski definition) is 6. The molecule has 0 bridgehead atoms. The Morgan fingerprint density at radius 3 is 2.50 bits per heavy atom. The number of nitrogens with zero attached hydrogens (tertiary/aromatic N) is 3.